The van der Waals surface area contributed by atoms with Crippen molar-refractivity contribution in [3.63, 3.8) is 0 Å². The smallest absolute Gasteiger partial charge is 0.418 e. The van der Waals surface area contributed by atoms with Crippen LogP contribution in [0.1, 0.15) is 23.7 Å². The zero-order valence-corrected chi connectivity index (χ0v) is 13.9. The van der Waals surface area contributed by atoms with Crippen molar-refractivity contribution in [3.05, 3.63) is 52.9 Å². The number of carbonyl (C=O) groups excluding carboxylic acids is 2. The Kier molecular flexibility index (Phi) is 4.95. The summed E-state index contributed by atoms with van der Waals surface area (Å²) < 4.78 is 49.0. The number of nitrogens with one attached hydrogen (secondary N) is 1. The van der Waals surface area contributed by atoms with Crippen LogP contribution in [0.5, 0.6) is 0 Å². The lowest BCUT2D eigenvalue weighted by Crippen LogP contribution is -2.23. The minimum atomic E-state index is -4.69. The van der Waals surface area contributed by atoms with Gasteiger partial charge in [0.2, 0.25) is 0 Å². The first-order valence-electron chi connectivity index (χ1n) is 7.63. The molecular formula is C17H13ClF3NO4. The summed E-state index contributed by atoms with van der Waals surface area (Å²) in [5.41, 5.74) is -1.65. The minimum Gasteiger partial charge on any atom is -0.469 e. The number of rotatable bonds is 5. The maximum Gasteiger partial charge on any atom is 0.418 e. The van der Waals surface area contributed by atoms with Gasteiger partial charge < -0.3 is 14.5 Å². The topological polar surface area (TPSA) is 68.5 Å². The van der Waals surface area contributed by atoms with Crippen LogP contribution in [0, 0.1) is 5.92 Å². The molecule has 0 bridgehead atoms. The Bertz CT molecular complexity index is 820. The number of hydrogen-bond acceptors (Lipinski definition) is 4. The van der Waals surface area contributed by atoms with E-state index < -0.39 is 41.8 Å². The average molecular weight is 388 g/mol. The Morgan fingerprint density at radius 2 is 2.04 bits per heavy atom. The van der Waals surface area contributed by atoms with Crippen LogP contribution in [-0.4, -0.2) is 18.5 Å². The molecule has 1 aliphatic carbocycles. The molecule has 0 unspecified atom stereocenters. The van der Waals surface area contributed by atoms with Gasteiger partial charge in [0.05, 0.1) is 28.5 Å². The molecule has 1 aromatic heterocycles. The van der Waals surface area contributed by atoms with E-state index in [9.17, 15) is 22.8 Å². The highest BCUT2D eigenvalue weighted by Crippen LogP contribution is 2.48. The van der Waals surface area contributed by atoms with Gasteiger partial charge in [0.25, 0.3) is 5.91 Å². The summed E-state index contributed by atoms with van der Waals surface area (Å²) in [4.78, 5) is 23.8. The zero-order valence-electron chi connectivity index (χ0n) is 13.2. The van der Waals surface area contributed by atoms with Gasteiger partial charge in [-0.05, 0) is 30.7 Å². The van der Waals surface area contributed by atoms with Crippen LogP contribution >= 0.6 is 11.6 Å². The Balaban J connectivity index is 1.56. The number of carbonyl (C=O) groups is 2. The third-order valence-corrected chi connectivity index (χ3v) is 4.25. The number of benzene rings is 1. The van der Waals surface area contributed by atoms with Gasteiger partial charge >= 0.3 is 12.1 Å². The molecule has 1 aliphatic rings. The van der Waals surface area contributed by atoms with Crippen molar-refractivity contribution >= 4 is 29.2 Å². The standard InChI is InChI=1S/C17H13ClF3NO4/c18-12-4-1-3-11(17(19,20)21)15(12)22-14(23)8-26-16(24)10-7-9(10)13-5-2-6-25-13/h1-6,9-10H,7-8H2,(H,22,23)/t9-,10-/m0/s1. The van der Waals surface area contributed by atoms with Gasteiger partial charge in [-0.15, -0.1) is 0 Å². The highest BCUT2D eigenvalue weighted by atomic mass is 35.5. The van der Waals surface area contributed by atoms with Gasteiger partial charge in [0.15, 0.2) is 6.61 Å². The Labute approximate surface area is 151 Å². The van der Waals surface area contributed by atoms with Crippen LogP contribution in [0.2, 0.25) is 5.02 Å². The lowest BCUT2D eigenvalue weighted by Gasteiger charge is -2.15. The predicted octanol–water partition coefficient (Wildman–Crippen LogP) is 4.24. The maximum absolute atomic E-state index is 13.0. The first kappa shape index (κ1) is 18.3. The van der Waals surface area contributed by atoms with Crippen LogP contribution < -0.4 is 5.32 Å². The van der Waals surface area contributed by atoms with E-state index in [-0.39, 0.29) is 10.9 Å². The molecule has 26 heavy (non-hydrogen) atoms. The van der Waals surface area contributed by atoms with Crippen molar-refractivity contribution < 1.29 is 31.9 Å². The minimum absolute atomic E-state index is 0.0963. The van der Waals surface area contributed by atoms with Gasteiger partial charge in [-0.2, -0.15) is 13.2 Å². The van der Waals surface area contributed by atoms with E-state index in [1.54, 1.807) is 12.1 Å². The quantitative estimate of drug-likeness (QED) is 0.779. The molecule has 0 radical (unpaired) electrons. The molecule has 1 aromatic carbocycles. The first-order chi connectivity index (χ1) is 12.3. The van der Waals surface area contributed by atoms with E-state index in [1.165, 1.54) is 12.3 Å². The Morgan fingerprint density at radius 3 is 2.69 bits per heavy atom. The number of ether oxygens (including phenoxy) is 1. The van der Waals surface area contributed by atoms with E-state index in [2.05, 4.69) is 5.32 Å². The summed E-state index contributed by atoms with van der Waals surface area (Å²) >= 11 is 5.75. The van der Waals surface area contributed by atoms with Crippen molar-refractivity contribution in [3.8, 4) is 0 Å². The molecule has 9 heteroatoms. The van der Waals surface area contributed by atoms with Crippen molar-refractivity contribution in [2.45, 2.75) is 18.5 Å². The van der Waals surface area contributed by atoms with Crippen LogP contribution in [-0.2, 0) is 20.5 Å². The second-order valence-corrected chi connectivity index (χ2v) is 6.19. The number of esters is 1. The van der Waals surface area contributed by atoms with E-state index in [0.717, 1.165) is 12.1 Å². The fourth-order valence-corrected chi connectivity index (χ4v) is 2.80. The molecule has 0 saturated heterocycles. The fourth-order valence-electron chi connectivity index (χ4n) is 2.58. The molecule has 2 aromatic rings. The van der Waals surface area contributed by atoms with Gasteiger partial charge in [0, 0.05) is 5.92 Å². The number of para-hydroxylation sites is 1. The molecule has 1 amide bonds. The van der Waals surface area contributed by atoms with E-state index in [0.29, 0.717) is 12.2 Å². The second kappa shape index (κ2) is 7.03. The van der Waals surface area contributed by atoms with Gasteiger partial charge in [-0.3, -0.25) is 9.59 Å². The van der Waals surface area contributed by atoms with Gasteiger partial charge in [-0.1, -0.05) is 17.7 Å². The van der Waals surface area contributed by atoms with Crippen molar-refractivity contribution in [1.82, 2.24) is 0 Å². The third kappa shape index (κ3) is 4.01. The summed E-state index contributed by atoms with van der Waals surface area (Å²) in [6.07, 6.45) is -2.66. The SMILES string of the molecule is O=C(COC(=O)[C@H]1C[C@@H]1c1ccco1)Nc1c(Cl)cccc1C(F)(F)F. The summed E-state index contributed by atoms with van der Waals surface area (Å²) in [6, 6.07) is 6.58. The largest absolute Gasteiger partial charge is 0.469 e. The molecule has 138 valence electrons. The molecular weight excluding hydrogens is 375 g/mol. The number of halogens is 4. The number of hydrogen-bond donors (Lipinski definition) is 1. The van der Waals surface area contributed by atoms with Gasteiger partial charge in [-0.25, -0.2) is 0 Å². The van der Waals surface area contributed by atoms with E-state index in [1.807, 2.05) is 0 Å². The molecule has 0 spiro atoms. The molecule has 5 nitrogen and oxygen atoms in total. The Hall–Kier alpha value is -2.48. The highest BCUT2D eigenvalue weighted by molar-refractivity contribution is 6.34. The third-order valence-electron chi connectivity index (χ3n) is 3.93. The van der Waals surface area contributed by atoms with Crippen molar-refractivity contribution in [2.75, 3.05) is 11.9 Å². The molecule has 1 fully saturated rings. The molecule has 1 heterocycles. The molecule has 0 aliphatic heterocycles. The van der Waals surface area contributed by atoms with Crippen LogP contribution in [0.15, 0.2) is 41.0 Å². The first-order valence-corrected chi connectivity index (χ1v) is 8.00. The number of furan rings is 1. The van der Waals surface area contributed by atoms with Crippen LogP contribution in [0.25, 0.3) is 0 Å². The van der Waals surface area contributed by atoms with Crippen molar-refractivity contribution in [1.29, 1.82) is 0 Å². The van der Waals surface area contributed by atoms with Crippen molar-refractivity contribution in [2.24, 2.45) is 5.92 Å². The molecule has 1 saturated carbocycles. The number of alkyl halides is 3. The normalized spacial score (nSPS) is 19.1. The maximum atomic E-state index is 13.0. The van der Waals surface area contributed by atoms with Crippen LogP contribution in [0.3, 0.4) is 0 Å². The van der Waals surface area contributed by atoms with Gasteiger partial charge in [0.1, 0.15) is 5.76 Å². The number of anilines is 1. The number of amides is 1. The summed E-state index contributed by atoms with van der Waals surface area (Å²) in [7, 11) is 0. The fraction of sp³-hybridized carbons (Fsp3) is 0.294. The lowest BCUT2D eigenvalue weighted by molar-refractivity contribution is -0.148. The zero-order chi connectivity index (χ0) is 18.9. The van der Waals surface area contributed by atoms with E-state index in [4.69, 9.17) is 20.8 Å². The molecule has 1 N–H and O–H groups in total. The molecule has 3 rings (SSSR count). The predicted molar refractivity (Wildman–Crippen MR) is 85.6 cm³/mol. The second-order valence-electron chi connectivity index (χ2n) is 5.78. The summed E-state index contributed by atoms with van der Waals surface area (Å²) in [5.74, 6) is -1.37. The Morgan fingerprint density at radius 1 is 1.27 bits per heavy atom. The van der Waals surface area contributed by atoms with Crippen LogP contribution in [0.4, 0.5) is 18.9 Å². The highest BCUT2D eigenvalue weighted by Gasteiger charge is 2.47. The monoisotopic (exact) mass is 387 g/mol. The molecule has 2 atom stereocenters. The summed E-state index contributed by atoms with van der Waals surface area (Å²) in [5, 5.41) is 1.79. The lowest BCUT2D eigenvalue weighted by atomic mass is 10.1. The van der Waals surface area contributed by atoms with E-state index >= 15 is 0 Å². The average Bonchev–Trinajstić information content (AvgIpc) is 3.19. The summed E-state index contributed by atoms with van der Waals surface area (Å²) in [6.45, 7) is -0.706.